The Hall–Kier alpha value is -2.80. The smallest absolute Gasteiger partial charge is 0.306 e. The van der Waals surface area contributed by atoms with Gasteiger partial charge >= 0.3 is 5.97 Å². The molecule has 1 aliphatic heterocycles. The highest BCUT2D eigenvalue weighted by Gasteiger charge is 2.17. The first-order valence-electron chi connectivity index (χ1n) is 9.58. The Morgan fingerprint density at radius 1 is 0.967 bits per heavy atom. The van der Waals surface area contributed by atoms with Crippen LogP contribution in [0.3, 0.4) is 0 Å². The van der Waals surface area contributed by atoms with E-state index in [-0.39, 0.29) is 19.0 Å². The molecule has 0 atom stereocenters. The van der Waals surface area contributed by atoms with Crippen LogP contribution in [0.15, 0.2) is 24.3 Å². The number of carbonyl (C=O) groups excluding carboxylic acids is 1. The topological polar surface area (TPSA) is 72.5 Å². The molecule has 0 N–H and O–H groups in total. The molecular weight excluding hydrogens is 412 g/mol. The molecule has 0 fully saturated rings. The molecule has 162 valence electrons. The van der Waals surface area contributed by atoms with Crippen LogP contribution in [-0.2, 0) is 22.6 Å². The maximum absolute atomic E-state index is 12.3. The Bertz CT molecular complexity index is 872. The predicted molar refractivity (Wildman–Crippen MR) is 111 cm³/mol. The molecule has 0 saturated carbocycles. The summed E-state index contributed by atoms with van der Waals surface area (Å²) < 4.78 is 32.7. The third-order valence-corrected chi connectivity index (χ3v) is 4.88. The van der Waals surface area contributed by atoms with Crippen molar-refractivity contribution < 1.29 is 33.2 Å². The van der Waals surface area contributed by atoms with Crippen molar-refractivity contribution in [3.8, 4) is 28.7 Å². The molecule has 0 aromatic heterocycles. The number of hydrogen-bond acceptors (Lipinski definition) is 7. The molecule has 3 rings (SSSR count). The first kappa shape index (κ1) is 21.9. The van der Waals surface area contributed by atoms with E-state index < -0.39 is 0 Å². The van der Waals surface area contributed by atoms with Gasteiger partial charge in [0.05, 0.1) is 39.6 Å². The Kier molecular flexibility index (Phi) is 7.52. The Morgan fingerprint density at radius 2 is 1.67 bits per heavy atom. The van der Waals surface area contributed by atoms with Gasteiger partial charge in [-0.25, -0.2) is 0 Å². The number of aryl methyl sites for hydroxylation is 1. The summed E-state index contributed by atoms with van der Waals surface area (Å²) in [5.74, 6) is 2.38. The fraction of sp³-hybridized carbons (Fsp3) is 0.409. The van der Waals surface area contributed by atoms with Gasteiger partial charge in [0.25, 0.3) is 0 Å². The largest absolute Gasteiger partial charge is 0.493 e. The summed E-state index contributed by atoms with van der Waals surface area (Å²) in [5.41, 5.74) is 1.62. The van der Waals surface area contributed by atoms with Crippen LogP contribution >= 0.6 is 11.6 Å². The van der Waals surface area contributed by atoms with Crippen molar-refractivity contribution in [2.24, 2.45) is 0 Å². The molecule has 0 radical (unpaired) electrons. The average molecular weight is 437 g/mol. The van der Waals surface area contributed by atoms with Gasteiger partial charge in [0.15, 0.2) is 23.0 Å². The standard InChI is InChI=1S/C22H25ClO7/c1-25-17-10-14(11-18(26-2)22(17)27-3)5-6-20(24)30-13-15-9-16(23)21-19(12-15)28-7-4-8-29-21/h9-12H,4-8,13H2,1-3H3. The molecule has 0 unspecified atom stereocenters. The minimum atomic E-state index is -0.327. The van der Waals surface area contributed by atoms with Gasteiger partial charge in [-0.1, -0.05) is 11.6 Å². The molecule has 30 heavy (non-hydrogen) atoms. The zero-order valence-corrected chi connectivity index (χ0v) is 18.0. The first-order chi connectivity index (χ1) is 14.5. The van der Waals surface area contributed by atoms with Crippen LogP contribution in [0.25, 0.3) is 0 Å². The maximum atomic E-state index is 12.3. The number of rotatable bonds is 8. The molecule has 2 aromatic rings. The molecule has 0 amide bonds. The van der Waals surface area contributed by atoms with Crippen LogP contribution in [-0.4, -0.2) is 40.5 Å². The molecule has 0 spiro atoms. The van der Waals surface area contributed by atoms with Crippen molar-refractivity contribution in [1.82, 2.24) is 0 Å². The molecule has 0 bridgehead atoms. The van der Waals surface area contributed by atoms with E-state index in [4.69, 9.17) is 40.0 Å². The second-order valence-electron chi connectivity index (χ2n) is 6.65. The third-order valence-electron chi connectivity index (χ3n) is 4.60. The third kappa shape index (κ3) is 5.21. The van der Waals surface area contributed by atoms with Crippen LogP contribution in [0.1, 0.15) is 24.0 Å². The summed E-state index contributed by atoms with van der Waals surface area (Å²) in [6.45, 7) is 1.22. The quantitative estimate of drug-likeness (QED) is 0.574. The van der Waals surface area contributed by atoms with E-state index in [1.807, 2.05) is 12.1 Å². The monoisotopic (exact) mass is 436 g/mol. The summed E-state index contributed by atoms with van der Waals surface area (Å²) in [5, 5.41) is 0.442. The van der Waals surface area contributed by atoms with E-state index in [9.17, 15) is 4.79 Å². The average Bonchev–Trinajstić information content (AvgIpc) is 3.01. The number of halogens is 1. The number of benzene rings is 2. The second-order valence-corrected chi connectivity index (χ2v) is 7.06. The van der Waals surface area contributed by atoms with Gasteiger partial charge in [-0.05, 0) is 41.8 Å². The zero-order valence-electron chi connectivity index (χ0n) is 17.3. The lowest BCUT2D eigenvalue weighted by Gasteiger charge is -2.14. The highest BCUT2D eigenvalue weighted by molar-refractivity contribution is 6.32. The van der Waals surface area contributed by atoms with Crippen molar-refractivity contribution in [2.75, 3.05) is 34.5 Å². The number of esters is 1. The van der Waals surface area contributed by atoms with E-state index in [0.717, 1.165) is 17.5 Å². The Labute approximate surface area is 180 Å². The normalized spacial score (nSPS) is 12.7. The van der Waals surface area contributed by atoms with Crippen molar-refractivity contribution >= 4 is 17.6 Å². The minimum Gasteiger partial charge on any atom is -0.493 e. The van der Waals surface area contributed by atoms with Crippen LogP contribution < -0.4 is 23.7 Å². The highest BCUT2D eigenvalue weighted by atomic mass is 35.5. The molecule has 1 heterocycles. The molecule has 0 saturated heterocycles. The van der Waals surface area contributed by atoms with Crippen molar-refractivity contribution in [3.05, 3.63) is 40.4 Å². The van der Waals surface area contributed by atoms with Crippen molar-refractivity contribution in [3.63, 3.8) is 0 Å². The number of fused-ring (bicyclic) bond motifs is 1. The Balaban J connectivity index is 1.59. The summed E-state index contributed by atoms with van der Waals surface area (Å²) in [4.78, 5) is 12.3. The van der Waals surface area contributed by atoms with E-state index in [1.54, 1.807) is 33.5 Å². The molecule has 7 nitrogen and oxygen atoms in total. The van der Waals surface area contributed by atoms with Crippen molar-refractivity contribution in [2.45, 2.75) is 25.9 Å². The molecule has 2 aromatic carbocycles. The predicted octanol–water partition coefficient (Wildman–Crippen LogP) is 4.20. The van der Waals surface area contributed by atoms with E-state index >= 15 is 0 Å². The summed E-state index contributed by atoms with van der Waals surface area (Å²) >= 11 is 6.28. The van der Waals surface area contributed by atoms with Crippen LogP contribution in [0.5, 0.6) is 28.7 Å². The highest BCUT2D eigenvalue weighted by Crippen LogP contribution is 2.39. The van der Waals surface area contributed by atoms with Crippen LogP contribution in [0.4, 0.5) is 0 Å². The number of methoxy groups -OCH3 is 3. The van der Waals surface area contributed by atoms with Gasteiger partial charge in [-0.15, -0.1) is 0 Å². The summed E-state index contributed by atoms with van der Waals surface area (Å²) in [6.07, 6.45) is 1.46. The van der Waals surface area contributed by atoms with Gasteiger partial charge < -0.3 is 28.4 Å². The maximum Gasteiger partial charge on any atom is 0.306 e. The molecule has 1 aliphatic rings. The molecule has 8 heteroatoms. The molecule has 0 aliphatic carbocycles. The van der Waals surface area contributed by atoms with Gasteiger partial charge in [0.1, 0.15) is 6.61 Å². The van der Waals surface area contributed by atoms with Crippen LogP contribution in [0.2, 0.25) is 5.02 Å². The van der Waals surface area contributed by atoms with E-state index in [1.165, 1.54) is 0 Å². The molecular formula is C22H25ClO7. The summed E-state index contributed by atoms with van der Waals surface area (Å²) in [6, 6.07) is 7.15. The van der Waals surface area contributed by atoms with E-state index in [0.29, 0.717) is 53.4 Å². The summed E-state index contributed by atoms with van der Waals surface area (Å²) in [7, 11) is 4.65. The van der Waals surface area contributed by atoms with Gasteiger partial charge in [-0.3, -0.25) is 4.79 Å². The van der Waals surface area contributed by atoms with Gasteiger partial charge in [-0.2, -0.15) is 0 Å². The SMILES string of the molecule is COc1cc(CCC(=O)OCc2cc(Cl)c3c(c2)OCCCO3)cc(OC)c1OC. The lowest BCUT2D eigenvalue weighted by atomic mass is 10.1. The first-order valence-corrected chi connectivity index (χ1v) is 9.96. The number of hydrogen-bond donors (Lipinski definition) is 0. The van der Waals surface area contributed by atoms with Gasteiger partial charge in [0.2, 0.25) is 5.75 Å². The number of carbonyl (C=O) groups is 1. The fourth-order valence-corrected chi connectivity index (χ4v) is 3.42. The van der Waals surface area contributed by atoms with E-state index in [2.05, 4.69) is 0 Å². The zero-order chi connectivity index (χ0) is 21.5. The van der Waals surface area contributed by atoms with Crippen LogP contribution in [0, 0.1) is 0 Å². The Morgan fingerprint density at radius 3 is 2.33 bits per heavy atom. The fourth-order valence-electron chi connectivity index (χ4n) is 3.13. The second kappa shape index (κ2) is 10.3. The number of ether oxygens (including phenoxy) is 6. The lowest BCUT2D eigenvalue weighted by Crippen LogP contribution is -2.07. The minimum absolute atomic E-state index is 0.102. The lowest BCUT2D eigenvalue weighted by molar-refractivity contribution is -0.144. The van der Waals surface area contributed by atoms with Gasteiger partial charge in [0, 0.05) is 12.8 Å². The van der Waals surface area contributed by atoms with Crippen molar-refractivity contribution in [1.29, 1.82) is 0 Å².